The van der Waals surface area contributed by atoms with Crippen molar-refractivity contribution in [3.8, 4) is 0 Å². The van der Waals surface area contributed by atoms with Crippen LogP contribution in [-0.2, 0) is 16.1 Å². The van der Waals surface area contributed by atoms with Gasteiger partial charge in [0.2, 0.25) is 0 Å². The van der Waals surface area contributed by atoms with Crippen LogP contribution in [0.3, 0.4) is 0 Å². The van der Waals surface area contributed by atoms with E-state index in [1.165, 1.54) is 6.20 Å². The third kappa shape index (κ3) is 3.02. The molecule has 2 N–H and O–H groups in total. The summed E-state index contributed by atoms with van der Waals surface area (Å²) in [6, 6.07) is 0. The topological polar surface area (TPSA) is 105 Å². The highest BCUT2D eigenvalue weighted by molar-refractivity contribution is 5.81. The van der Waals surface area contributed by atoms with Crippen LogP contribution < -0.4 is 0 Å². The number of aliphatic carboxylic acids is 2. The van der Waals surface area contributed by atoms with E-state index in [1.807, 2.05) is 0 Å². The second-order valence-electron chi connectivity index (χ2n) is 4.30. The molecule has 7 heteroatoms. The lowest BCUT2D eigenvalue weighted by Gasteiger charge is -2.04. The third-order valence-electron chi connectivity index (χ3n) is 2.73. The summed E-state index contributed by atoms with van der Waals surface area (Å²) in [7, 11) is 0. The molecule has 0 aliphatic heterocycles. The number of carboxylic acid groups (broad SMARTS) is 2. The number of aromatic nitrogens is 3. The Bertz CT molecular complexity index is 439. The molecule has 0 saturated heterocycles. The minimum atomic E-state index is -1.19. The van der Waals surface area contributed by atoms with Gasteiger partial charge in [0.15, 0.2) is 0 Å². The van der Waals surface area contributed by atoms with Crippen molar-refractivity contribution in [2.24, 2.45) is 5.92 Å². The Morgan fingerprint density at radius 1 is 1.47 bits per heavy atom. The molecule has 1 fully saturated rings. The number of carbonyl (C=O) groups is 2. The van der Waals surface area contributed by atoms with Crippen molar-refractivity contribution < 1.29 is 19.8 Å². The average Bonchev–Trinajstić information content (AvgIpc) is 2.91. The van der Waals surface area contributed by atoms with Gasteiger partial charge in [0.05, 0.1) is 12.1 Å². The van der Waals surface area contributed by atoms with Crippen LogP contribution in [0.5, 0.6) is 0 Å². The van der Waals surface area contributed by atoms with Gasteiger partial charge < -0.3 is 10.2 Å². The first-order chi connectivity index (χ1) is 8.06. The summed E-state index contributed by atoms with van der Waals surface area (Å²) < 4.78 is 1.59. The quantitative estimate of drug-likeness (QED) is 0.741. The summed E-state index contributed by atoms with van der Waals surface area (Å²) in [6.45, 7) is 0.729. The highest BCUT2D eigenvalue weighted by atomic mass is 16.4. The Balaban J connectivity index is 2.08. The SMILES string of the molecule is O=C(O)CC(C(=O)O)c1cn(CC2CC2)nn1. The van der Waals surface area contributed by atoms with Crippen molar-refractivity contribution in [3.05, 3.63) is 11.9 Å². The Labute approximate surface area is 97.1 Å². The number of hydrogen-bond donors (Lipinski definition) is 2. The highest BCUT2D eigenvalue weighted by Gasteiger charge is 2.27. The molecule has 1 saturated carbocycles. The maximum atomic E-state index is 10.9. The molecule has 1 heterocycles. The third-order valence-corrected chi connectivity index (χ3v) is 2.73. The first kappa shape index (κ1) is 11.6. The first-order valence-corrected chi connectivity index (χ1v) is 5.41. The summed E-state index contributed by atoms with van der Waals surface area (Å²) in [4.78, 5) is 21.5. The molecule has 17 heavy (non-hydrogen) atoms. The van der Waals surface area contributed by atoms with Crippen LogP contribution >= 0.6 is 0 Å². The molecule has 0 spiro atoms. The van der Waals surface area contributed by atoms with E-state index in [1.54, 1.807) is 4.68 Å². The van der Waals surface area contributed by atoms with E-state index in [4.69, 9.17) is 10.2 Å². The largest absolute Gasteiger partial charge is 0.481 e. The van der Waals surface area contributed by atoms with E-state index in [9.17, 15) is 9.59 Å². The molecule has 1 aliphatic rings. The molecule has 1 aromatic heterocycles. The molecule has 0 amide bonds. The van der Waals surface area contributed by atoms with E-state index in [0.29, 0.717) is 5.92 Å². The second kappa shape index (κ2) is 4.52. The van der Waals surface area contributed by atoms with Gasteiger partial charge in [-0.15, -0.1) is 5.10 Å². The summed E-state index contributed by atoms with van der Waals surface area (Å²) in [5, 5.41) is 25.1. The fourth-order valence-electron chi connectivity index (χ4n) is 1.62. The van der Waals surface area contributed by atoms with Gasteiger partial charge in [-0.25, -0.2) is 0 Å². The molecule has 2 rings (SSSR count). The predicted octanol–water partition coefficient (Wildman–Crippen LogP) is 0.331. The lowest BCUT2D eigenvalue weighted by atomic mass is 10.0. The first-order valence-electron chi connectivity index (χ1n) is 5.41. The maximum Gasteiger partial charge on any atom is 0.313 e. The van der Waals surface area contributed by atoms with Crippen molar-refractivity contribution in [2.45, 2.75) is 31.7 Å². The van der Waals surface area contributed by atoms with Crippen LogP contribution in [0.2, 0.25) is 0 Å². The Kier molecular flexibility index (Phi) is 3.08. The zero-order valence-electron chi connectivity index (χ0n) is 9.11. The zero-order chi connectivity index (χ0) is 12.4. The Morgan fingerprint density at radius 2 is 2.18 bits per heavy atom. The number of hydrogen-bond acceptors (Lipinski definition) is 4. The monoisotopic (exact) mass is 239 g/mol. The summed E-state index contributed by atoms with van der Waals surface area (Å²) in [6.07, 6.45) is 3.37. The molecule has 0 radical (unpaired) electrons. The van der Waals surface area contributed by atoms with Gasteiger partial charge in [-0.1, -0.05) is 5.21 Å². The second-order valence-corrected chi connectivity index (χ2v) is 4.30. The molecule has 1 aliphatic carbocycles. The predicted molar refractivity (Wildman–Crippen MR) is 55.4 cm³/mol. The molecule has 0 bridgehead atoms. The number of nitrogens with zero attached hydrogens (tertiary/aromatic N) is 3. The van der Waals surface area contributed by atoms with Crippen LogP contribution in [0.25, 0.3) is 0 Å². The van der Waals surface area contributed by atoms with Gasteiger partial charge in [-0.05, 0) is 18.8 Å². The minimum absolute atomic E-state index is 0.209. The fraction of sp³-hybridized carbons (Fsp3) is 0.600. The van der Waals surface area contributed by atoms with Crippen LogP contribution in [-0.4, -0.2) is 37.1 Å². The van der Waals surface area contributed by atoms with Gasteiger partial charge in [0.25, 0.3) is 0 Å². The van der Waals surface area contributed by atoms with E-state index in [-0.39, 0.29) is 5.69 Å². The Hall–Kier alpha value is -1.92. The van der Waals surface area contributed by atoms with Crippen molar-refractivity contribution in [2.75, 3.05) is 0 Å². The zero-order valence-corrected chi connectivity index (χ0v) is 9.11. The van der Waals surface area contributed by atoms with E-state index in [2.05, 4.69) is 10.3 Å². The van der Waals surface area contributed by atoms with Gasteiger partial charge >= 0.3 is 11.9 Å². The van der Waals surface area contributed by atoms with Gasteiger partial charge in [0.1, 0.15) is 5.92 Å². The van der Waals surface area contributed by atoms with Gasteiger partial charge in [-0.2, -0.15) is 0 Å². The maximum absolute atomic E-state index is 10.9. The summed E-state index contributed by atoms with van der Waals surface area (Å²) in [5.74, 6) is -2.87. The summed E-state index contributed by atoms with van der Waals surface area (Å²) >= 11 is 0. The molecule has 1 unspecified atom stereocenters. The molecule has 1 aromatic rings. The number of carboxylic acids is 2. The highest BCUT2D eigenvalue weighted by Crippen LogP contribution is 2.30. The molecule has 7 nitrogen and oxygen atoms in total. The summed E-state index contributed by atoms with van der Waals surface area (Å²) in [5.41, 5.74) is 0.209. The number of rotatable bonds is 6. The molecular formula is C10H13N3O4. The van der Waals surface area contributed by atoms with Crippen LogP contribution in [0, 0.1) is 5.92 Å². The minimum Gasteiger partial charge on any atom is -0.481 e. The van der Waals surface area contributed by atoms with Crippen LogP contribution in [0.4, 0.5) is 0 Å². The Morgan fingerprint density at radius 3 is 2.71 bits per heavy atom. The van der Waals surface area contributed by atoms with Gasteiger partial charge in [-0.3, -0.25) is 14.3 Å². The molecule has 1 atom stereocenters. The normalized spacial score (nSPS) is 16.7. The molecule has 92 valence electrons. The lowest BCUT2D eigenvalue weighted by molar-refractivity contribution is -0.145. The van der Waals surface area contributed by atoms with Crippen molar-refractivity contribution >= 4 is 11.9 Å². The fourth-order valence-corrected chi connectivity index (χ4v) is 1.62. The standard InChI is InChI=1S/C10H13N3O4/c14-9(15)3-7(10(16)17)8-5-13(12-11-8)4-6-1-2-6/h5-7H,1-4H2,(H,14,15)(H,16,17). The van der Waals surface area contributed by atoms with Crippen molar-refractivity contribution in [3.63, 3.8) is 0 Å². The average molecular weight is 239 g/mol. The van der Waals surface area contributed by atoms with Crippen LogP contribution in [0.15, 0.2) is 6.20 Å². The van der Waals surface area contributed by atoms with E-state index in [0.717, 1.165) is 19.4 Å². The lowest BCUT2D eigenvalue weighted by Crippen LogP contribution is -2.16. The van der Waals surface area contributed by atoms with E-state index >= 15 is 0 Å². The molecular weight excluding hydrogens is 226 g/mol. The van der Waals surface area contributed by atoms with Gasteiger partial charge in [0, 0.05) is 12.7 Å². The van der Waals surface area contributed by atoms with Crippen LogP contribution in [0.1, 0.15) is 30.9 Å². The molecule has 0 aromatic carbocycles. The van der Waals surface area contributed by atoms with Crippen molar-refractivity contribution in [1.29, 1.82) is 0 Å². The van der Waals surface area contributed by atoms with Crippen molar-refractivity contribution in [1.82, 2.24) is 15.0 Å². The smallest absolute Gasteiger partial charge is 0.313 e. The van der Waals surface area contributed by atoms with E-state index < -0.39 is 24.3 Å².